The van der Waals surface area contributed by atoms with E-state index in [4.69, 9.17) is 28.4 Å². The molecule has 0 aromatic carbocycles. The van der Waals surface area contributed by atoms with E-state index in [0.717, 1.165) is 6.42 Å². The number of Topliss-reactive ketones (excluding diaryl/α,β-unsaturated/α-hetero) is 1. The molecule has 0 radical (unpaired) electrons. The van der Waals surface area contributed by atoms with Crippen LogP contribution in [0.15, 0.2) is 0 Å². The lowest BCUT2D eigenvalue weighted by atomic mass is 9.97. The molecule has 2 heterocycles. The van der Waals surface area contributed by atoms with E-state index in [0.29, 0.717) is 25.7 Å². The molecular formula is C40H70N6O19. The maximum absolute atomic E-state index is 13.1. The van der Waals surface area contributed by atoms with Crippen LogP contribution < -0.4 is 31.9 Å². The molecule has 0 spiro atoms. The van der Waals surface area contributed by atoms with E-state index in [1.54, 1.807) is 0 Å². The van der Waals surface area contributed by atoms with Crippen molar-refractivity contribution in [3.05, 3.63) is 0 Å². The van der Waals surface area contributed by atoms with Gasteiger partial charge in [0.15, 0.2) is 12.6 Å². The minimum Gasteiger partial charge on any atom is -0.394 e. The van der Waals surface area contributed by atoms with Crippen LogP contribution in [0.1, 0.15) is 72.1 Å². The molecule has 0 aliphatic carbocycles. The van der Waals surface area contributed by atoms with Crippen LogP contribution in [0.5, 0.6) is 0 Å². The Bertz CT molecular complexity index is 1480. The highest BCUT2D eigenvalue weighted by Gasteiger charge is 2.46. The fourth-order valence-electron chi connectivity index (χ4n) is 6.66. The van der Waals surface area contributed by atoms with Crippen molar-refractivity contribution < 1.29 is 92.6 Å². The Kier molecular flexibility index (Phi) is 28.0. The molecule has 6 amide bonds. The molecule has 11 atom stereocenters. The van der Waals surface area contributed by atoms with Gasteiger partial charge in [-0.1, -0.05) is 12.8 Å². The molecule has 0 aromatic heterocycles. The molecule has 2 aliphatic heterocycles. The molecule has 2 aliphatic rings. The quantitative estimate of drug-likeness (QED) is 0.0280. The average molecular weight is 939 g/mol. The van der Waals surface area contributed by atoms with Gasteiger partial charge < -0.3 is 95.8 Å². The van der Waals surface area contributed by atoms with Gasteiger partial charge >= 0.3 is 0 Å². The number of carbonyl (C=O) groups is 7. The van der Waals surface area contributed by atoms with Crippen molar-refractivity contribution in [2.24, 2.45) is 0 Å². The van der Waals surface area contributed by atoms with Gasteiger partial charge in [-0.2, -0.15) is 0 Å². The summed E-state index contributed by atoms with van der Waals surface area (Å²) in [6.45, 7) is 2.32. The molecule has 12 N–H and O–H groups in total. The van der Waals surface area contributed by atoms with Gasteiger partial charge in [0, 0.05) is 46.2 Å². The minimum absolute atomic E-state index is 0.00403. The van der Waals surface area contributed by atoms with Gasteiger partial charge in [0.25, 0.3) is 0 Å². The summed E-state index contributed by atoms with van der Waals surface area (Å²) in [5, 5.41) is 75.1. The number of rotatable bonds is 32. The first-order chi connectivity index (χ1) is 31.0. The number of ketones is 1. The maximum Gasteiger partial charge on any atom is 0.242 e. The highest BCUT2D eigenvalue weighted by Crippen LogP contribution is 2.23. The summed E-state index contributed by atoms with van der Waals surface area (Å²) < 4.78 is 33.0. The van der Waals surface area contributed by atoms with Crippen molar-refractivity contribution in [1.29, 1.82) is 0 Å². The van der Waals surface area contributed by atoms with Crippen LogP contribution in [0, 0.1) is 0 Å². The third kappa shape index (κ3) is 22.4. The minimum atomic E-state index is -1.48. The van der Waals surface area contributed by atoms with Crippen molar-refractivity contribution in [1.82, 2.24) is 31.9 Å². The van der Waals surface area contributed by atoms with Crippen LogP contribution in [0.2, 0.25) is 0 Å². The number of unbranched alkanes of at least 4 members (excludes halogenated alkanes) is 3. The van der Waals surface area contributed by atoms with E-state index in [2.05, 4.69) is 31.9 Å². The molecule has 0 saturated carbocycles. The van der Waals surface area contributed by atoms with Gasteiger partial charge in [-0.15, -0.1) is 0 Å². The highest BCUT2D eigenvalue weighted by molar-refractivity contribution is 5.89. The largest absolute Gasteiger partial charge is 0.394 e. The molecule has 0 bridgehead atoms. The number of carbonyl (C=O) groups excluding carboxylic acids is 7. The summed E-state index contributed by atoms with van der Waals surface area (Å²) in [6, 6.07) is -3.33. The van der Waals surface area contributed by atoms with E-state index in [-0.39, 0.29) is 84.3 Å². The summed E-state index contributed by atoms with van der Waals surface area (Å²) in [6.07, 6.45) is -7.57. The third-order valence-electron chi connectivity index (χ3n) is 10.1. The average Bonchev–Trinajstić information content (AvgIpc) is 3.26. The molecule has 25 heteroatoms. The molecule has 2 fully saturated rings. The zero-order valence-corrected chi connectivity index (χ0v) is 37.3. The molecule has 2 rings (SSSR count). The van der Waals surface area contributed by atoms with E-state index in [1.807, 2.05) is 0 Å². The summed E-state index contributed by atoms with van der Waals surface area (Å²) in [5.41, 5.74) is 0. The van der Waals surface area contributed by atoms with Crippen molar-refractivity contribution in [2.75, 3.05) is 72.5 Å². The van der Waals surface area contributed by atoms with Crippen molar-refractivity contribution >= 4 is 41.2 Å². The van der Waals surface area contributed by atoms with Crippen LogP contribution in [0.25, 0.3) is 0 Å². The topological polar surface area (TPSA) is 368 Å². The Hall–Kier alpha value is -3.99. The van der Waals surface area contributed by atoms with Crippen LogP contribution in [0.3, 0.4) is 0 Å². The normalized spacial score (nSPS) is 25.7. The predicted octanol–water partition coefficient (Wildman–Crippen LogP) is -5.52. The number of aliphatic hydroxyl groups excluding tert-OH is 6. The zero-order chi connectivity index (χ0) is 48.3. The molecule has 25 nitrogen and oxygen atoms in total. The second-order valence-corrected chi connectivity index (χ2v) is 15.5. The molecule has 11 unspecified atom stereocenters. The molecular weight excluding hydrogens is 868 g/mol. The van der Waals surface area contributed by atoms with E-state index in [9.17, 15) is 64.2 Å². The fraction of sp³-hybridized carbons (Fsp3) is 0.825. The number of nitrogens with one attached hydrogen (secondary N) is 6. The number of hydrogen-bond donors (Lipinski definition) is 12. The Balaban J connectivity index is 1.75. The summed E-state index contributed by atoms with van der Waals surface area (Å²) in [5.74, 6) is -3.01. The summed E-state index contributed by atoms with van der Waals surface area (Å²) in [4.78, 5) is 85.3. The lowest BCUT2D eigenvalue weighted by Crippen LogP contribution is -2.64. The van der Waals surface area contributed by atoms with E-state index in [1.165, 1.54) is 20.8 Å². The molecule has 2 saturated heterocycles. The molecule has 0 aromatic rings. The standard InChI is InChI=1S/C40H70N6O19/c1-23(49)8-6-4-5-7-9-30(53)46-26(38(59)42-13-15-61-17-19-63-40-33(45-25(3)51)37(58)35(56)28(22-48)65-40)10-11-29(52)43-20-31(54)41-12-14-60-16-18-62-39-32(44-24(2)50)36(57)34(55)27(21-47)64-39/h26-28,32-37,39-40,47-48,55-58H,4-22H2,1-3H3,(H,41,54)(H,42,59)(H,43,52)(H,44,50)(H,45,51)(H,46,53). The predicted molar refractivity (Wildman–Crippen MR) is 223 cm³/mol. The summed E-state index contributed by atoms with van der Waals surface area (Å²) in [7, 11) is 0. The van der Waals surface area contributed by atoms with Crippen molar-refractivity contribution in [3.8, 4) is 0 Å². The number of amides is 6. The van der Waals surface area contributed by atoms with Crippen LogP contribution in [-0.4, -0.2) is 212 Å². The highest BCUT2D eigenvalue weighted by atomic mass is 16.7. The number of ether oxygens (including phenoxy) is 6. The first-order valence-corrected chi connectivity index (χ1v) is 21.8. The second kappa shape index (κ2) is 31.8. The van der Waals surface area contributed by atoms with Gasteiger partial charge in [-0.05, 0) is 26.2 Å². The van der Waals surface area contributed by atoms with Crippen LogP contribution in [-0.2, 0) is 62.0 Å². The molecule has 374 valence electrons. The maximum atomic E-state index is 13.1. The fourth-order valence-corrected chi connectivity index (χ4v) is 6.66. The smallest absolute Gasteiger partial charge is 0.242 e. The van der Waals surface area contributed by atoms with Gasteiger partial charge in [0.1, 0.15) is 60.5 Å². The first kappa shape index (κ1) is 57.1. The summed E-state index contributed by atoms with van der Waals surface area (Å²) >= 11 is 0. The monoisotopic (exact) mass is 938 g/mol. The molecule has 65 heavy (non-hydrogen) atoms. The zero-order valence-electron chi connectivity index (χ0n) is 37.3. The third-order valence-corrected chi connectivity index (χ3v) is 10.1. The van der Waals surface area contributed by atoms with Crippen LogP contribution in [0.4, 0.5) is 0 Å². The van der Waals surface area contributed by atoms with E-state index >= 15 is 0 Å². The Morgan fingerprint density at radius 1 is 0.554 bits per heavy atom. The SMILES string of the molecule is CC(=O)CCCCCCC(=O)NC(CCC(=O)NCC(=O)NCCOCCOC1OC(CO)C(O)C(O)C1NC(C)=O)C(=O)NCCOCCOC1OC(CO)C(O)C(O)C1NC(C)=O. The number of hydrogen-bond acceptors (Lipinski definition) is 19. The van der Waals surface area contributed by atoms with Crippen molar-refractivity contribution in [2.45, 2.75) is 139 Å². The van der Waals surface area contributed by atoms with Crippen LogP contribution >= 0.6 is 0 Å². The number of aliphatic hydroxyl groups is 6. The van der Waals surface area contributed by atoms with Crippen molar-refractivity contribution in [3.63, 3.8) is 0 Å². The first-order valence-electron chi connectivity index (χ1n) is 21.8. The Morgan fingerprint density at radius 2 is 1.05 bits per heavy atom. The lowest BCUT2D eigenvalue weighted by molar-refractivity contribution is -0.272. The van der Waals surface area contributed by atoms with Gasteiger partial charge in [-0.3, -0.25) is 28.8 Å². The van der Waals surface area contributed by atoms with Gasteiger partial charge in [0.2, 0.25) is 35.4 Å². The van der Waals surface area contributed by atoms with Gasteiger partial charge in [-0.25, -0.2) is 0 Å². The van der Waals surface area contributed by atoms with Gasteiger partial charge in [0.05, 0.1) is 59.4 Å². The Morgan fingerprint density at radius 3 is 1.52 bits per heavy atom. The van der Waals surface area contributed by atoms with E-state index < -0.39 is 116 Å². The lowest BCUT2D eigenvalue weighted by Gasteiger charge is -2.42. The Labute approximate surface area is 377 Å². The second-order valence-electron chi connectivity index (χ2n) is 15.5.